The first-order valence-electron chi connectivity index (χ1n) is 9.49. The lowest BCUT2D eigenvalue weighted by Crippen LogP contribution is -2.30. The van der Waals surface area contributed by atoms with Gasteiger partial charge < -0.3 is 19.3 Å². The van der Waals surface area contributed by atoms with Gasteiger partial charge in [-0.1, -0.05) is 42.1 Å². The molecular weight excluding hydrogens is 386 g/mol. The van der Waals surface area contributed by atoms with E-state index in [9.17, 15) is 9.90 Å². The molecule has 3 aromatic rings. The largest absolute Gasteiger partial charge is 0.497 e. The monoisotopic (exact) mass is 409 g/mol. The number of nitrogens with zero attached hydrogens (tertiary/aromatic N) is 3. The Kier molecular flexibility index (Phi) is 5.87. The Morgan fingerprint density at radius 3 is 2.76 bits per heavy atom. The summed E-state index contributed by atoms with van der Waals surface area (Å²) in [5, 5.41) is 10.2. The standard InChI is InChI=1S/C22H23N3O3S/c1-28-19-8-6-16(7-9-19)12-24-13-18(14-26)23-22(24)29-15-21(27)25-11-10-17-4-2-3-5-20(17)25/h2-9,13,26H,10-12,14-15H2,1H3. The van der Waals surface area contributed by atoms with Crippen LogP contribution in [-0.2, 0) is 24.4 Å². The minimum atomic E-state index is -0.128. The molecule has 150 valence electrons. The maximum absolute atomic E-state index is 12.8. The van der Waals surface area contributed by atoms with E-state index in [4.69, 9.17) is 4.74 Å². The number of imidazole rings is 1. The van der Waals surface area contributed by atoms with Crippen LogP contribution in [-0.4, -0.2) is 40.0 Å². The fourth-order valence-corrected chi connectivity index (χ4v) is 4.36. The number of thioether (sulfide) groups is 1. The lowest BCUT2D eigenvalue weighted by atomic mass is 10.2. The Morgan fingerprint density at radius 1 is 1.21 bits per heavy atom. The third-order valence-corrected chi connectivity index (χ3v) is 5.95. The second kappa shape index (κ2) is 8.71. The van der Waals surface area contributed by atoms with Gasteiger partial charge in [-0.25, -0.2) is 4.98 Å². The zero-order valence-electron chi connectivity index (χ0n) is 16.2. The van der Waals surface area contributed by atoms with Crippen molar-refractivity contribution in [2.24, 2.45) is 0 Å². The maximum atomic E-state index is 12.8. The molecule has 6 nitrogen and oxygen atoms in total. The van der Waals surface area contributed by atoms with E-state index in [1.807, 2.05) is 58.1 Å². The highest BCUT2D eigenvalue weighted by atomic mass is 32.2. The summed E-state index contributed by atoms with van der Waals surface area (Å²) in [6.07, 6.45) is 2.73. The first-order chi connectivity index (χ1) is 14.2. The highest BCUT2D eigenvalue weighted by Crippen LogP contribution is 2.29. The van der Waals surface area contributed by atoms with Gasteiger partial charge in [0.15, 0.2) is 5.16 Å². The Balaban J connectivity index is 1.45. The number of fused-ring (bicyclic) bond motifs is 1. The van der Waals surface area contributed by atoms with Crippen molar-refractivity contribution in [3.8, 4) is 5.75 Å². The predicted molar refractivity (Wildman–Crippen MR) is 113 cm³/mol. The van der Waals surface area contributed by atoms with Gasteiger partial charge in [-0.3, -0.25) is 4.79 Å². The van der Waals surface area contributed by atoms with Crippen LogP contribution in [0.25, 0.3) is 0 Å². The minimum Gasteiger partial charge on any atom is -0.497 e. The van der Waals surface area contributed by atoms with Crippen molar-refractivity contribution in [2.75, 3.05) is 24.3 Å². The van der Waals surface area contributed by atoms with Gasteiger partial charge >= 0.3 is 0 Å². The highest BCUT2D eigenvalue weighted by molar-refractivity contribution is 7.99. The number of rotatable bonds is 7. The molecule has 0 aliphatic carbocycles. The number of hydrogen-bond acceptors (Lipinski definition) is 5. The Hall–Kier alpha value is -2.77. The van der Waals surface area contributed by atoms with Crippen molar-refractivity contribution in [2.45, 2.75) is 24.7 Å². The third-order valence-electron chi connectivity index (χ3n) is 4.98. The summed E-state index contributed by atoms with van der Waals surface area (Å²) >= 11 is 1.40. The molecule has 2 aromatic carbocycles. The molecule has 0 saturated heterocycles. The van der Waals surface area contributed by atoms with E-state index < -0.39 is 0 Å². The van der Waals surface area contributed by atoms with Crippen molar-refractivity contribution >= 4 is 23.4 Å². The summed E-state index contributed by atoms with van der Waals surface area (Å²) in [5.74, 6) is 1.18. The normalized spacial score (nSPS) is 12.8. The number of aliphatic hydroxyl groups excluding tert-OH is 1. The highest BCUT2D eigenvalue weighted by Gasteiger charge is 2.24. The number of hydrogen-bond donors (Lipinski definition) is 1. The number of para-hydroxylation sites is 1. The van der Waals surface area contributed by atoms with Gasteiger partial charge in [0.05, 0.1) is 25.2 Å². The number of anilines is 1. The number of amides is 1. The average Bonchev–Trinajstić information content (AvgIpc) is 3.36. The van der Waals surface area contributed by atoms with Crippen molar-refractivity contribution in [1.29, 1.82) is 0 Å². The summed E-state index contributed by atoms with van der Waals surface area (Å²) in [6, 6.07) is 15.9. The molecule has 0 spiro atoms. The second-order valence-corrected chi connectivity index (χ2v) is 7.80. The fraction of sp³-hybridized carbons (Fsp3) is 0.273. The molecule has 1 N–H and O–H groups in total. The quantitative estimate of drug-likeness (QED) is 0.608. The van der Waals surface area contributed by atoms with E-state index in [1.54, 1.807) is 7.11 Å². The molecule has 7 heteroatoms. The molecule has 4 rings (SSSR count). The van der Waals surface area contributed by atoms with E-state index in [0.29, 0.717) is 18.0 Å². The lowest BCUT2D eigenvalue weighted by molar-refractivity contribution is -0.116. The van der Waals surface area contributed by atoms with Gasteiger partial charge in [0.25, 0.3) is 0 Å². The first-order valence-corrected chi connectivity index (χ1v) is 10.5. The minimum absolute atomic E-state index is 0.0736. The second-order valence-electron chi connectivity index (χ2n) is 6.86. The molecule has 1 aliphatic rings. The third kappa shape index (κ3) is 4.31. The number of ether oxygens (including phenoxy) is 1. The van der Waals surface area contributed by atoms with E-state index in [-0.39, 0.29) is 12.5 Å². The summed E-state index contributed by atoms with van der Waals surface area (Å²) in [6.45, 7) is 1.21. The Labute approximate surface area is 174 Å². The van der Waals surface area contributed by atoms with Gasteiger partial charge in [0, 0.05) is 25.0 Å². The van der Waals surface area contributed by atoms with Gasteiger partial charge in [-0.05, 0) is 35.7 Å². The van der Waals surface area contributed by atoms with Crippen molar-refractivity contribution in [1.82, 2.24) is 9.55 Å². The van der Waals surface area contributed by atoms with Crippen LogP contribution in [0, 0.1) is 0 Å². The van der Waals surface area contributed by atoms with Crippen LogP contribution in [0.3, 0.4) is 0 Å². The zero-order chi connectivity index (χ0) is 20.2. The number of aromatic nitrogens is 2. The van der Waals surface area contributed by atoms with E-state index in [0.717, 1.165) is 35.1 Å². The molecule has 1 aliphatic heterocycles. The number of aliphatic hydroxyl groups is 1. The first kappa shape index (κ1) is 19.5. The molecule has 0 fully saturated rings. The molecule has 0 radical (unpaired) electrons. The molecule has 0 unspecified atom stereocenters. The maximum Gasteiger partial charge on any atom is 0.237 e. The lowest BCUT2D eigenvalue weighted by Gasteiger charge is -2.17. The number of benzene rings is 2. The van der Waals surface area contributed by atoms with E-state index >= 15 is 0 Å². The van der Waals surface area contributed by atoms with Crippen LogP contribution in [0.2, 0.25) is 0 Å². The van der Waals surface area contributed by atoms with Crippen molar-refractivity contribution in [3.05, 3.63) is 71.5 Å². The van der Waals surface area contributed by atoms with Gasteiger partial charge in [0.1, 0.15) is 5.75 Å². The molecule has 1 amide bonds. The molecule has 2 heterocycles. The molecular formula is C22H23N3O3S. The Morgan fingerprint density at radius 2 is 2.00 bits per heavy atom. The summed E-state index contributed by atoms with van der Waals surface area (Å²) < 4.78 is 7.18. The topological polar surface area (TPSA) is 67.6 Å². The summed E-state index contributed by atoms with van der Waals surface area (Å²) in [5.41, 5.74) is 3.92. The van der Waals surface area contributed by atoms with Crippen molar-refractivity contribution in [3.63, 3.8) is 0 Å². The zero-order valence-corrected chi connectivity index (χ0v) is 17.1. The van der Waals surface area contributed by atoms with Gasteiger partial charge in [0.2, 0.25) is 5.91 Å². The Bertz CT molecular complexity index is 1000. The van der Waals surface area contributed by atoms with Crippen LogP contribution < -0.4 is 9.64 Å². The van der Waals surface area contributed by atoms with E-state index in [1.165, 1.54) is 17.3 Å². The van der Waals surface area contributed by atoms with Crippen LogP contribution in [0.5, 0.6) is 5.75 Å². The molecule has 0 atom stereocenters. The van der Waals surface area contributed by atoms with Crippen LogP contribution in [0.4, 0.5) is 5.69 Å². The molecule has 29 heavy (non-hydrogen) atoms. The average molecular weight is 410 g/mol. The SMILES string of the molecule is COc1ccc(Cn2cc(CO)nc2SCC(=O)N2CCc3ccccc32)cc1. The predicted octanol–water partition coefficient (Wildman–Crippen LogP) is 3.11. The summed E-state index contributed by atoms with van der Waals surface area (Å²) in [4.78, 5) is 19.1. The molecule has 1 aromatic heterocycles. The number of methoxy groups -OCH3 is 1. The number of carbonyl (C=O) groups excluding carboxylic acids is 1. The molecule has 0 bridgehead atoms. The number of carbonyl (C=O) groups is 1. The molecule has 0 saturated carbocycles. The van der Waals surface area contributed by atoms with Crippen molar-refractivity contribution < 1.29 is 14.6 Å². The van der Waals surface area contributed by atoms with Crippen LogP contribution >= 0.6 is 11.8 Å². The van der Waals surface area contributed by atoms with Gasteiger partial charge in [-0.2, -0.15) is 0 Å². The summed E-state index contributed by atoms with van der Waals surface area (Å²) in [7, 11) is 1.64. The van der Waals surface area contributed by atoms with Crippen LogP contribution in [0.15, 0.2) is 59.9 Å². The smallest absolute Gasteiger partial charge is 0.237 e. The fourth-order valence-electron chi connectivity index (χ4n) is 3.48. The van der Waals surface area contributed by atoms with Gasteiger partial charge in [-0.15, -0.1) is 0 Å². The van der Waals surface area contributed by atoms with E-state index in [2.05, 4.69) is 11.1 Å². The van der Waals surface area contributed by atoms with Crippen LogP contribution in [0.1, 0.15) is 16.8 Å².